The van der Waals surface area contributed by atoms with Crippen LogP contribution in [0.4, 0.5) is 14.5 Å². The Hall–Kier alpha value is -3.27. The summed E-state index contributed by atoms with van der Waals surface area (Å²) >= 11 is 6.08. The van der Waals surface area contributed by atoms with Crippen LogP contribution in [-0.2, 0) is 0 Å². The number of nitro groups is 1. The Bertz CT molecular complexity index is 1060. The lowest BCUT2D eigenvalue weighted by molar-refractivity contribution is -0.384. The second-order valence-corrected chi connectivity index (χ2v) is 5.76. The molecule has 0 N–H and O–H groups in total. The monoisotopic (exact) mass is 396 g/mol. The van der Waals surface area contributed by atoms with E-state index in [-0.39, 0.29) is 38.3 Å². The van der Waals surface area contributed by atoms with Crippen molar-refractivity contribution in [2.45, 2.75) is 13.5 Å². The molecular weight excluding hydrogens is 386 g/mol. The van der Waals surface area contributed by atoms with E-state index in [2.05, 4.69) is 5.10 Å². The first-order chi connectivity index (χ1) is 12.8. The molecule has 0 radical (unpaired) electrons. The van der Waals surface area contributed by atoms with Crippen molar-refractivity contribution in [2.24, 2.45) is 0 Å². The molecule has 0 aliphatic carbocycles. The van der Waals surface area contributed by atoms with Gasteiger partial charge in [-0.15, -0.1) is 0 Å². The number of nitrogens with zero attached hydrogens (tertiary/aromatic N) is 4. The number of halogens is 3. The zero-order valence-corrected chi connectivity index (χ0v) is 14.4. The lowest BCUT2D eigenvalue weighted by Gasteiger charge is -2.09. The first-order valence-corrected chi connectivity index (χ1v) is 7.84. The number of non-ortho nitro benzene ring substituents is 1. The van der Waals surface area contributed by atoms with Gasteiger partial charge in [-0.25, -0.2) is 9.36 Å². The van der Waals surface area contributed by atoms with Gasteiger partial charge in [0.2, 0.25) is 0 Å². The second kappa shape index (κ2) is 7.16. The van der Waals surface area contributed by atoms with Crippen LogP contribution in [0.25, 0.3) is 5.69 Å². The Labute approximate surface area is 155 Å². The standard InChI is InChI=1S/C16H11ClF2N4O4/c1-9-20-22(16(24)21(9)15(18)19)11-4-7-13(17)14(8-11)27-12-5-2-10(3-6-12)23(25)26/h2-8,15H,1H3. The van der Waals surface area contributed by atoms with Gasteiger partial charge in [0.15, 0.2) is 0 Å². The molecule has 0 aliphatic rings. The first-order valence-electron chi connectivity index (χ1n) is 7.46. The van der Waals surface area contributed by atoms with E-state index >= 15 is 0 Å². The Morgan fingerprint density at radius 1 is 1.22 bits per heavy atom. The average molecular weight is 397 g/mol. The predicted octanol–water partition coefficient (Wildman–Crippen LogP) is 4.09. The van der Waals surface area contributed by atoms with Crippen LogP contribution in [0.15, 0.2) is 47.3 Å². The van der Waals surface area contributed by atoms with Gasteiger partial charge in [-0.2, -0.15) is 18.6 Å². The van der Waals surface area contributed by atoms with E-state index in [1.165, 1.54) is 49.4 Å². The van der Waals surface area contributed by atoms with E-state index in [1.807, 2.05) is 0 Å². The number of ether oxygens (including phenoxy) is 1. The molecule has 3 aromatic rings. The number of aromatic nitrogens is 3. The van der Waals surface area contributed by atoms with Gasteiger partial charge in [-0.05, 0) is 31.2 Å². The Morgan fingerprint density at radius 3 is 2.44 bits per heavy atom. The molecule has 2 aromatic carbocycles. The average Bonchev–Trinajstić information content (AvgIpc) is 2.92. The summed E-state index contributed by atoms with van der Waals surface area (Å²) in [6.45, 7) is -1.73. The molecule has 0 fully saturated rings. The highest BCUT2D eigenvalue weighted by atomic mass is 35.5. The molecule has 0 bridgehead atoms. The summed E-state index contributed by atoms with van der Waals surface area (Å²) in [5.74, 6) is 0.239. The zero-order chi connectivity index (χ0) is 19.7. The molecule has 0 spiro atoms. The van der Waals surface area contributed by atoms with E-state index in [0.29, 0.717) is 0 Å². The fraction of sp³-hybridized carbons (Fsp3) is 0.125. The molecule has 1 aromatic heterocycles. The van der Waals surface area contributed by atoms with Gasteiger partial charge < -0.3 is 4.74 Å². The Kier molecular flexibility index (Phi) is 4.91. The molecule has 0 saturated carbocycles. The number of hydrogen-bond acceptors (Lipinski definition) is 5. The molecular formula is C16H11ClF2N4O4. The smallest absolute Gasteiger partial charge is 0.355 e. The maximum Gasteiger partial charge on any atom is 0.355 e. The molecule has 0 saturated heterocycles. The van der Waals surface area contributed by atoms with Crippen molar-refractivity contribution in [3.05, 3.63) is 73.9 Å². The summed E-state index contributed by atoms with van der Waals surface area (Å²) in [7, 11) is 0. The highest BCUT2D eigenvalue weighted by molar-refractivity contribution is 6.32. The second-order valence-electron chi connectivity index (χ2n) is 5.36. The highest BCUT2D eigenvalue weighted by Crippen LogP contribution is 2.32. The molecule has 0 unspecified atom stereocenters. The van der Waals surface area contributed by atoms with Gasteiger partial charge >= 0.3 is 12.2 Å². The van der Waals surface area contributed by atoms with Gasteiger partial charge in [0, 0.05) is 18.2 Å². The third-order valence-corrected chi connectivity index (χ3v) is 3.92. The van der Waals surface area contributed by atoms with E-state index in [0.717, 1.165) is 4.68 Å². The Morgan fingerprint density at radius 2 is 1.89 bits per heavy atom. The third-order valence-electron chi connectivity index (χ3n) is 3.61. The number of rotatable bonds is 5. The number of benzene rings is 2. The molecule has 3 rings (SSSR count). The van der Waals surface area contributed by atoms with Crippen LogP contribution in [-0.4, -0.2) is 19.3 Å². The molecule has 140 valence electrons. The van der Waals surface area contributed by atoms with E-state index < -0.39 is 17.2 Å². The van der Waals surface area contributed by atoms with Crippen LogP contribution >= 0.6 is 11.6 Å². The highest BCUT2D eigenvalue weighted by Gasteiger charge is 2.19. The molecule has 0 atom stereocenters. The molecule has 1 heterocycles. The molecule has 27 heavy (non-hydrogen) atoms. The summed E-state index contributed by atoms with van der Waals surface area (Å²) < 4.78 is 32.5. The van der Waals surface area contributed by atoms with E-state index in [1.54, 1.807) is 0 Å². The molecule has 0 aliphatic heterocycles. The minimum absolute atomic E-state index is 0.109. The molecule has 8 nitrogen and oxygen atoms in total. The van der Waals surface area contributed by atoms with Crippen molar-refractivity contribution in [2.75, 3.05) is 0 Å². The van der Waals surface area contributed by atoms with Gasteiger partial charge in [0.05, 0.1) is 15.6 Å². The number of alkyl halides is 2. The normalized spacial score (nSPS) is 11.0. The number of hydrogen-bond donors (Lipinski definition) is 0. The summed E-state index contributed by atoms with van der Waals surface area (Å²) in [5.41, 5.74) is -0.948. The van der Waals surface area contributed by atoms with Crippen molar-refractivity contribution in [3.63, 3.8) is 0 Å². The summed E-state index contributed by atoms with van der Waals surface area (Å²) in [6.07, 6.45) is 0. The van der Waals surface area contributed by atoms with E-state index in [4.69, 9.17) is 16.3 Å². The van der Waals surface area contributed by atoms with Gasteiger partial charge in [-0.3, -0.25) is 10.1 Å². The first kappa shape index (κ1) is 18.5. The van der Waals surface area contributed by atoms with Crippen molar-refractivity contribution < 1.29 is 18.4 Å². The van der Waals surface area contributed by atoms with Crippen molar-refractivity contribution in [3.8, 4) is 17.2 Å². The third kappa shape index (κ3) is 3.65. The zero-order valence-electron chi connectivity index (χ0n) is 13.7. The van der Waals surface area contributed by atoms with Crippen LogP contribution in [0, 0.1) is 17.0 Å². The number of aryl methyl sites for hydroxylation is 1. The minimum Gasteiger partial charge on any atom is -0.456 e. The largest absolute Gasteiger partial charge is 0.456 e. The topological polar surface area (TPSA) is 92.2 Å². The van der Waals surface area contributed by atoms with Crippen molar-refractivity contribution in [1.82, 2.24) is 14.3 Å². The lowest BCUT2D eigenvalue weighted by atomic mass is 10.3. The van der Waals surface area contributed by atoms with Crippen LogP contribution in [0.2, 0.25) is 5.02 Å². The Balaban J connectivity index is 1.97. The molecule has 0 amide bonds. The van der Waals surface area contributed by atoms with E-state index in [9.17, 15) is 23.7 Å². The SMILES string of the molecule is Cc1nn(-c2ccc(Cl)c(Oc3ccc([N+](=O)[O-])cc3)c2)c(=O)n1C(F)F. The van der Waals surface area contributed by atoms with Gasteiger partial charge in [-0.1, -0.05) is 11.6 Å². The quantitative estimate of drug-likeness (QED) is 0.478. The van der Waals surface area contributed by atoms with Crippen molar-refractivity contribution in [1.29, 1.82) is 0 Å². The lowest BCUT2D eigenvalue weighted by Crippen LogP contribution is -2.24. The maximum absolute atomic E-state index is 13.0. The molecule has 11 heteroatoms. The fourth-order valence-corrected chi connectivity index (χ4v) is 2.49. The van der Waals surface area contributed by atoms with Crippen molar-refractivity contribution >= 4 is 17.3 Å². The van der Waals surface area contributed by atoms with Gasteiger partial charge in [0.1, 0.15) is 17.3 Å². The number of nitro benzene ring substituents is 1. The fourth-order valence-electron chi connectivity index (χ4n) is 2.33. The summed E-state index contributed by atoms with van der Waals surface area (Å²) in [6, 6.07) is 9.46. The maximum atomic E-state index is 13.0. The predicted molar refractivity (Wildman–Crippen MR) is 92.0 cm³/mol. The van der Waals surface area contributed by atoms with Crippen LogP contribution in [0.1, 0.15) is 12.4 Å². The summed E-state index contributed by atoms with van der Waals surface area (Å²) in [5, 5.41) is 14.7. The summed E-state index contributed by atoms with van der Waals surface area (Å²) in [4.78, 5) is 22.3. The van der Waals surface area contributed by atoms with Crippen LogP contribution < -0.4 is 10.4 Å². The van der Waals surface area contributed by atoms with Crippen LogP contribution in [0.5, 0.6) is 11.5 Å². The minimum atomic E-state index is -3.02. The van der Waals surface area contributed by atoms with Crippen LogP contribution in [0.3, 0.4) is 0 Å². The van der Waals surface area contributed by atoms with Gasteiger partial charge in [0.25, 0.3) is 5.69 Å².